The van der Waals surface area contributed by atoms with Crippen LogP contribution in [0.3, 0.4) is 0 Å². The third-order valence-corrected chi connectivity index (χ3v) is 2.13. The van der Waals surface area contributed by atoms with Crippen LogP contribution in [0, 0.1) is 0 Å². The SMILES string of the molecule is O=C1C=CCCc2ccccc21. The lowest BCUT2D eigenvalue weighted by molar-refractivity contribution is 0.104. The molecule has 1 aromatic carbocycles. The Morgan fingerprint density at radius 2 is 2.00 bits per heavy atom. The molecule has 0 N–H and O–H groups in total. The lowest BCUT2D eigenvalue weighted by Gasteiger charge is -2.01. The minimum atomic E-state index is 0.142. The molecule has 1 heteroatoms. The first-order valence-electron chi connectivity index (χ1n) is 4.17. The van der Waals surface area contributed by atoms with Gasteiger partial charge in [0.25, 0.3) is 0 Å². The maximum Gasteiger partial charge on any atom is 0.185 e. The van der Waals surface area contributed by atoms with E-state index in [0.717, 1.165) is 18.4 Å². The van der Waals surface area contributed by atoms with Crippen molar-refractivity contribution in [3.63, 3.8) is 0 Å². The number of carbonyl (C=O) groups excluding carboxylic acids is 1. The smallest absolute Gasteiger partial charge is 0.185 e. The van der Waals surface area contributed by atoms with Crippen molar-refractivity contribution in [2.45, 2.75) is 12.8 Å². The number of hydrogen-bond donors (Lipinski definition) is 0. The second kappa shape index (κ2) is 2.94. The van der Waals surface area contributed by atoms with Crippen molar-refractivity contribution >= 4 is 5.78 Å². The quantitative estimate of drug-likeness (QED) is 0.566. The fraction of sp³-hybridized carbons (Fsp3) is 0.182. The van der Waals surface area contributed by atoms with Crippen LogP contribution in [0.1, 0.15) is 22.3 Å². The molecule has 60 valence electrons. The Morgan fingerprint density at radius 1 is 1.17 bits per heavy atom. The molecule has 0 heterocycles. The van der Waals surface area contributed by atoms with E-state index in [2.05, 4.69) is 0 Å². The molecule has 2 rings (SSSR count). The third kappa shape index (κ3) is 1.18. The number of benzene rings is 1. The molecule has 1 nitrogen and oxygen atoms in total. The molecule has 0 saturated heterocycles. The van der Waals surface area contributed by atoms with Crippen molar-refractivity contribution in [2.75, 3.05) is 0 Å². The number of rotatable bonds is 0. The van der Waals surface area contributed by atoms with Crippen molar-refractivity contribution in [1.82, 2.24) is 0 Å². The van der Waals surface area contributed by atoms with Gasteiger partial charge in [-0.05, 0) is 24.5 Å². The molecule has 0 saturated carbocycles. The van der Waals surface area contributed by atoms with Gasteiger partial charge >= 0.3 is 0 Å². The van der Waals surface area contributed by atoms with Crippen LogP contribution in [0.15, 0.2) is 36.4 Å². The molecule has 0 bridgehead atoms. The van der Waals surface area contributed by atoms with Gasteiger partial charge in [-0.3, -0.25) is 4.79 Å². The van der Waals surface area contributed by atoms with E-state index in [1.807, 2.05) is 30.3 Å². The maximum absolute atomic E-state index is 11.4. The average Bonchev–Trinajstić information content (AvgIpc) is 2.29. The van der Waals surface area contributed by atoms with Crippen LogP contribution in [-0.4, -0.2) is 5.78 Å². The Labute approximate surface area is 71.7 Å². The number of carbonyl (C=O) groups is 1. The Kier molecular flexibility index (Phi) is 1.78. The van der Waals surface area contributed by atoms with Gasteiger partial charge in [-0.1, -0.05) is 30.3 Å². The molecule has 0 aromatic heterocycles. The highest BCUT2D eigenvalue weighted by molar-refractivity contribution is 6.05. The highest BCUT2D eigenvalue weighted by Gasteiger charge is 2.09. The summed E-state index contributed by atoms with van der Waals surface area (Å²) in [5.41, 5.74) is 2.04. The Bertz CT molecular complexity index is 337. The Hall–Kier alpha value is -1.37. The van der Waals surface area contributed by atoms with Crippen LogP contribution in [0.2, 0.25) is 0 Å². The topological polar surface area (TPSA) is 17.1 Å². The molecule has 0 unspecified atom stereocenters. The molecule has 1 aromatic rings. The normalized spacial score (nSPS) is 15.5. The summed E-state index contributed by atoms with van der Waals surface area (Å²) >= 11 is 0. The van der Waals surface area contributed by atoms with E-state index in [-0.39, 0.29) is 5.78 Å². The second-order valence-electron chi connectivity index (χ2n) is 2.96. The molecule has 1 aliphatic carbocycles. The first-order chi connectivity index (χ1) is 5.88. The molecule has 0 aliphatic heterocycles. The Morgan fingerprint density at radius 3 is 2.92 bits per heavy atom. The van der Waals surface area contributed by atoms with Crippen LogP contribution < -0.4 is 0 Å². The van der Waals surface area contributed by atoms with Gasteiger partial charge in [-0.25, -0.2) is 0 Å². The molecular formula is C11H10O. The largest absolute Gasteiger partial charge is 0.289 e. The van der Waals surface area contributed by atoms with Crippen LogP contribution in [0.25, 0.3) is 0 Å². The standard InChI is InChI=1S/C11H10O/c12-11-8-4-2-6-9-5-1-3-7-10(9)11/h1,3-5,7-8H,2,6H2. The maximum atomic E-state index is 11.4. The molecular weight excluding hydrogens is 148 g/mol. The first-order valence-corrected chi connectivity index (χ1v) is 4.17. The van der Waals surface area contributed by atoms with Crippen molar-refractivity contribution in [2.24, 2.45) is 0 Å². The number of aryl methyl sites for hydroxylation is 1. The van der Waals surface area contributed by atoms with E-state index < -0.39 is 0 Å². The van der Waals surface area contributed by atoms with E-state index in [0.29, 0.717) is 0 Å². The predicted molar refractivity (Wildman–Crippen MR) is 48.2 cm³/mol. The molecule has 1 aliphatic rings. The van der Waals surface area contributed by atoms with Gasteiger partial charge in [0.2, 0.25) is 0 Å². The van der Waals surface area contributed by atoms with Crippen molar-refractivity contribution in [1.29, 1.82) is 0 Å². The van der Waals surface area contributed by atoms with Crippen LogP contribution in [0.4, 0.5) is 0 Å². The molecule has 0 spiro atoms. The molecule has 0 radical (unpaired) electrons. The van der Waals surface area contributed by atoms with E-state index in [9.17, 15) is 4.79 Å². The van der Waals surface area contributed by atoms with Crippen LogP contribution in [-0.2, 0) is 6.42 Å². The summed E-state index contributed by atoms with van der Waals surface area (Å²) in [7, 11) is 0. The zero-order valence-electron chi connectivity index (χ0n) is 6.79. The minimum absolute atomic E-state index is 0.142. The minimum Gasteiger partial charge on any atom is -0.289 e. The monoisotopic (exact) mass is 158 g/mol. The van der Waals surface area contributed by atoms with Crippen molar-refractivity contribution in [3.05, 3.63) is 47.5 Å². The summed E-state index contributed by atoms with van der Waals surface area (Å²) < 4.78 is 0. The predicted octanol–water partition coefficient (Wildman–Crippen LogP) is 2.37. The molecule has 0 fully saturated rings. The van der Waals surface area contributed by atoms with Gasteiger partial charge in [-0.2, -0.15) is 0 Å². The number of hydrogen-bond acceptors (Lipinski definition) is 1. The third-order valence-electron chi connectivity index (χ3n) is 2.13. The van der Waals surface area contributed by atoms with E-state index in [1.54, 1.807) is 6.08 Å². The first kappa shape index (κ1) is 7.29. The molecule has 0 amide bonds. The van der Waals surface area contributed by atoms with E-state index in [4.69, 9.17) is 0 Å². The summed E-state index contributed by atoms with van der Waals surface area (Å²) in [4.78, 5) is 11.4. The number of fused-ring (bicyclic) bond motifs is 1. The fourth-order valence-electron chi connectivity index (χ4n) is 1.50. The lowest BCUT2D eigenvalue weighted by atomic mass is 10.0. The summed E-state index contributed by atoms with van der Waals surface area (Å²) in [5, 5.41) is 0. The summed E-state index contributed by atoms with van der Waals surface area (Å²) in [5.74, 6) is 0.142. The molecule has 12 heavy (non-hydrogen) atoms. The summed E-state index contributed by atoms with van der Waals surface area (Å²) in [6.07, 6.45) is 5.58. The van der Waals surface area contributed by atoms with E-state index >= 15 is 0 Å². The highest BCUT2D eigenvalue weighted by atomic mass is 16.1. The van der Waals surface area contributed by atoms with Gasteiger partial charge in [0.1, 0.15) is 0 Å². The summed E-state index contributed by atoms with van der Waals surface area (Å²) in [6.45, 7) is 0. The van der Waals surface area contributed by atoms with Gasteiger partial charge in [0.15, 0.2) is 5.78 Å². The number of allylic oxidation sites excluding steroid dienone is 2. The van der Waals surface area contributed by atoms with Crippen LogP contribution in [0.5, 0.6) is 0 Å². The van der Waals surface area contributed by atoms with Crippen LogP contribution >= 0.6 is 0 Å². The van der Waals surface area contributed by atoms with Gasteiger partial charge in [0.05, 0.1) is 0 Å². The van der Waals surface area contributed by atoms with Crippen molar-refractivity contribution in [3.8, 4) is 0 Å². The average molecular weight is 158 g/mol. The zero-order valence-corrected chi connectivity index (χ0v) is 6.79. The lowest BCUT2D eigenvalue weighted by Crippen LogP contribution is -1.97. The highest BCUT2D eigenvalue weighted by Crippen LogP contribution is 2.15. The van der Waals surface area contributed by atoms with Gasteiger partial charge < -0.3 is 0 Å². The summed E-state index contributed by atoms with van der Waals surface area (Å²) in [6, 6.07) is 7.82. The fourth-order valence-corrected chi connectivity index (χ4v) is 1.50. The van der Waals surface area contributed by atoms with Gasteiger partial charge in [0, 0.05) is 5.56 Å². The van der Waals surface area contributed by atoms with Crippen molar-refractivity contribution < 1.29 is 4.79 Å². The molecule has 0 atom stereocenters. The van der Waals surface area contributed by atoms with Gasteiger partial charge in [-0.15, -0.1) is 0 Å². The Balaban J connectivity index is 2.53. The zero-order chi connectivity index (χ0) is 8.39. The van der Waals surface area contributed by atoms with E-state index in [1.165, 1.54) is 5.56 Å². The second-order valence-corrected chi connectivity index (χ2v) is 2.96. The number of ketones is 1.